The van der Waals surface area contributed by atoms with Crippen LogP contribution >= 0.6 is 0 Å². The van der Waals surface area contributed by atoms with Gasteiger partial charge in [0.05, 0.1) is 17.5 Å². The Morgan fingerprint density at radius 1 is 1.11 bits per heavy atom. The number of halogens is 3. The number of piperidine rings is 1. The number of carbonyl (C=O) groups is 2. The molecular weight excluding hydrogens is 459 g/mol. The van der Waals surface area contributed by atoms with E-state index in [9.17, 15) is 22.8 Å². The Morgan fingerprint density at radius 2 is 1.74 bits per heavy atom. The maximum absolute atomic E-state index is 13.5. The molecule has 2 unspecified atom stereocenters. The van der Waals surface area contributed by atoms with E-state index in [1.165, 1.54) is 24.3 Å². The van der Waals surface area contributed by atoms with Crippen molar-refractivity contribution >= 4 is 12.2 Å². The summed E-state index contributed by atoms with van der Waals surface area (Å²) >= 11 is 0. The predicted octanol–water partition coefficient (Wildman–Crippen LogP) is 3.33. The number of ether oxygens (including phenoxy) is 1. The van der Waals surface area contributed by atoms with E-state index in [2.05, 4.69) is 15.0 Å². The zero-order valence-corrected chi connectivity index (χ0v) is 19.3. The number of hydrogen-bond donors (Lipinski definition) is 2. The lowest BCUT2D eigenvalue weighted by Gasteiger charge is -2.38. The van der Waals surface area contributed by atoms with Crippen molar-refractivity contribution in [3.05, 3.63) is 65.7 Å². The quantitative estimate of drug-likeness (QED) is 0.528. The third-order valence-corrected chi connectivity index (χ3v) is 6.99. The smallest absolute Gasteiger partial charge is 0.406 e. The van der Waals surface area contributed by atoms with Crippen LogP contribution in [0.15, 0.2) is 54.6 Å². The molecule has 2 aromatic rings. The van der Waals surface area contributed by atoms with Crippen molar-refractivity contribution in [3.63, 3.8) is 0 Å². The molecule has 0 aromatic heterocycles. The van der Waals surface area contributed by atoms with Crippen molar-refractivity contribution in [1.29, 1.82) is 0 Å². The van der Waals surface area contributed by atoms with Crippen LogP contribution in [-0.4, -0.2) is 54.7 Å². The van der Waals surface area contributed by atoms with E-state index in [0.717, 1.165) is 24.7 Å². The standard InChI is InChI=1S/C26H30F3N3O3/c27-26(28,29)35-21-8-6-19(7-9-21)25(12-13-25)24(34)31-22(16-18-4-2-1-3-5-18)23(17-33)32-14-10-20(30)11-15-32/h1-9,17,20,22-23H,10-16,30H2,(H,31,34). The minimum atomic E-state index is -4.77. The summed E-state index contributed by atoms with van der Waals surface area (Å²) in [5.74, 6) is -0.549. The van der Waals surface area contributed by atoms with E-state index >= 15 is 0 Å². The Balaban J connectivity index is 1.52. The number of amides is 1. The van der Waals surface area contributed by atoms with Gasteiger partial charge in [0.25, 0.3) is 0 Å². The molecule has 2 atom stereocenters. The molecule has 0 spiro atoms. The van der Waals surface area contributed by atoms with Gasteiger partial charge in [0.1, 0.15) is 12.0 Å². The van der Waals surface area contributed by atoms with Crippen LogP contribution in [0.3, 0.4) is 0 Å². The Morgan fingerprint density at radius 3 is 2.29 bits per heavy atom. The Kier molecular flexibility index (Phi) is 7.47. The second kappa shape index (κ2) is 10.4. The molecule has 188 valence electrons. The lowest BCUT2D eigenvalue weighted by molar-refractivity contribution is -0.274. The summed E-state index contributed by atoms with van der Waals surface area (Å²) in [5, 5.41) is 3.12. The third kappa shape index (κ3) is 6.21. The summed E-state index contributed by atoms with van der Waals surface area (Å²) in [6.07, 6.45) is -0.662. The average molecular weight is 490 g/mol. The highest BCUT2D eigenvalue weighted by Crippen LogP contribution is 2.49. The van der Waals surface area contributed by atoms with Gasteiger partial charge in [0, 0.05) is 19.1 Å². The van der Waals surface area contributed by atoms with E-state index < -0.39 is 23.9 Å². The van der Waals surface area contributed by atoms with Crippen LogP contribution in [-0.2, 0) is 21.4 Å². The molecule has 1 aliphatic carbocycles. The number of benzene rings is 2. The number of carbonyl (C=O) groups excluding carboxylic acids is 2. The number of likely N-dealkylation sites (tertiary alicyclic amines) is 1. The van der Waals surface area contributed by atoms with Crippen LogP contribution in [0, 0.1) is 0 Å². The maximum atomic E-state index is 13.5. The van der Waals surface area contributed by atoms with E-state index in [0.29, 0.717) is 37.9 Å². The molecule has 1 amide bonds. The second-order valence-electron chi connectivity index (χ2n) is 9.42. The SMILES string of the molecule is NC1CCN(C(C=O)C(Cc2ccccc2)NC(=O)C2(c3ccc(OC(F)(F)F)cc3)CC2)CC1. The molecule has 35 heavy (non-hydrogen) atoms. The molecule has 2 fully saturated rings. The van der Waals surface area contributed by atoms with Crippen LogP contribution in [0.4, 0.5) is 13.2 Å². The Hall–Kier alpha value is -2.91. The highest BCUT2D eigenvalue weighted by Gasteiger charge is 2.52. The molecule has 1 saturated heterocycles. The zero-order valence-electron chi connectivity index (χ0n) is 19.3. The van der Waals surface area contributed by atoms with Crippen LogP contribution in [0.25, 0.3) is 0 Å². The summed E-state index contributed by atoms with van der Waals surface area (Å²) in [7, 11) is 0. The summed E-state index contributed by atoms with van der Waals surface area (Å²) in [6.45, 7) is 1.36. The molecule has 4 rings (SSSR count). The highest BCUT2D eigenvalue weighted by molar-refractivity contribution is 5.91. The fraction of sp³-hybridized carbons (Fsp3) is 0.462. The number of rotatable bonds is 9. The first-order valence-electron chi connectivity index (χ1n) is 11.9. The Bertz CT molecular complexity index is 1000. The fourth-order valence-electron chi connectivity index (χ4n) is 4.83. The van der Waals surface area contributed by atoms with Crippen molar-refractivity contribution in [3.8, 4) is 5.75 Å². The van der Waals surface area contributed by atoms with Gasteiger partial charge < -0.3 is 20.6 Å². The molecule has 9 heteroatoms. The summed E-state index contributed by atoms with van der Waals surface area (Å²) in [6, 6.07) is 14.3. The van der Waals surface area contributed by atoms with E-state index in [1.54, 1.807) is 0 Å². The van der Waals surface area contributed by atoms with Crippen LogP contribution in [0.2, 0.25) is 0 Å². The lowest BCUT2D eigenvalue weighted by atomic mass is 9.92. The summed E-state index contributed by atoms with van der Waals surface area (Å²) in [5.41, 5.74) is 6.85. The monoisotopic (exact) mass is 489 g/mol. The van der Waals surface area contributed by atoms with Crippen LogP contribution in [0.1, 0.15) is 36.8 Å². The minimum Gasteiger partial charge on any atom is -0.406 e. The maximum Gasteiger partial charge on any atom is 0.573 e. The predicted molar refractivity (Wildman–Crippen MR) is 125 cm³/mol. The molecule has 2 aromatic carbocycles. The number of nitrogens with one attached hydrogen (secondary N) is 1. The van der Waals surface area contributed by atoms with Gasteiger partial charge in [-0.1, -0.05) is 42.5 Å². The van der Waals surface area contributed by atoms with Gasteiger partial charge in [-0.05, 0) is 55.4 Å². The van der Waals surface area contributed by atoms with Crippen LogP contribution < -0.4 is 15.8 Å². The number of nitrogens with two attached hydrogens (primary N) is 1. The first-order chi connectivity index (χ1) is 16.7. The van der Waals surface area contributed by atoms with Gasteiger partial charge in [-0.25, -0.2) is 0 Å². The van der Waals surface area contributed by atoms with Crippen molar-refractivity contribution in [2.45, 2.75) is 62.0 Å². The molecule has 1 heterocycles. The molecule has 1 saturated carbocycles. The number of alkyl halides is 3. The van der Waals surface area contributed by atoms with Crippen molar-refractivity contribution in [2.75, 3.05) is 13.1 Å². The third-order valence-electron chi connectivity index (χ3n) is 6.99. The van der Waals surface area contributed by atoms with Gasteiger partial charge in [-0.3, -0.25) is 9.69 Å². The van der Waals surface area contributed by atoms with Crippen molar-refractivity contribution in [1.82, 2.24) is 10.2 Å². The fourth-order valence-corrected chi connectivity index (χ4v) is 4.83. The largest absolute Gasteiger partial charge is 0.573 e. The molecule has 1 aliphatic heterocycles. The minimum absolute atomic E-state index is 0.111. The average Bonchev–Trinajstić information content (AvgIpc) is 3.63. The summed E-state index contributed by atoms with van der Waals surface area (Å²) in [4.78, 5) is 27.9. The number of nitrogens with zero attached hydrogens (tertiary/aromatic N) is 1. The lowest BCUT2D eigenvalue weighted by Crippen LogP contribution is -2.57. The molecule has 2 aliphatic rings. The van der Waals surface area contributed by atoms with Crippen molar-refractivity contribution in [2.24, 2.45) is 5.73 Å². The number of hydrogen-bond acceptors (Lipinski definition) is 5. The highest BCUT2D eigenvalue weighted by atomic mass is 19.4. The molecule has 3 N–H and O–H groups in total. The van der Waals surface area contributed by atoms with E-state index in [-0.39, 0.29) is 17.7 Å². The van der Waals surface area contributed by atoms with Crippen molar-refractivity contribution < 1.29 is 27.5 Å². The van der Waals surface area contributed by atoms with Gasteiger partial charge in [-0.15, -0.1) is 13.2 Å². The zero-order chi connectivity index (χ0) is 25.1. The molecule has 0 radical (unpaired) electrons. The van der Waals surface area contributed by atoms with Gasteiger partial charge in [0.15, 0.2) is 0 Å². The van der Waals surface area contributed by atoms with Gasteiger partial charge in [0.2, 0.25) is 5.91 Å². The summed E-state index contributed by atoms with van der Waals surface area (Å²) < 4.78 is 41.4. The molecule has 6 nitrogen and oxygen atoms in total. The van der Waals surface area contributed by atoms with Gasteiger partial charge >= 0.3 is 6.36 Å². The normalized spacial score (nSPS) is 20.0. The van der Waals surface area contributed by atoms with E-state index in [4.69, 9.17) is 5.73 Å². The van der Waals surface area contributed by atoms with Gasteiger partial charge in [-0.2, -0.15) is 0 Å². The van der Waals surface area contributed by atoms with E-state index in [1.807, 2.05) is 30.3 Å². The molecule has 0 bridgehead atoms. The van der Waals surface area contributed by atoms with Crippen LogP contribution in [0.5, 0.6) is 5.75 Å². The second-order valence-corrected chi connectivity index (χ2v) is 9.42. The first-order valence-corrected chi connectivity index (χ1v) is 11.9. The number of aldehydes is 1. The topological polar surface area (TPSA) is 84.7 Å². The Labute approximate surface area is 202 Å². The molecular formula is C26H30F3N3O3. The first kappa shape index (κ1) is 25.2.